The number of nitrogens with one attached hydrogen (secondary N) is 1. The molecular formula is C13H16ClF3N2O2. The largest absolute Gasteiger partial charge is 0.467 e. The van der Waals surface area contributed by atoms with Crippen LogP contribution >= 0.6 is 11.6 Å². The topological polar surface area (TPSA) is 51.2 Å². The lowest BCUT2D eigenvalue weighted by Crippen LogP contribution is -2.32. The van der Waals surface area contributed by atoms with Gasteiger partial charge in [-0.1, -0.05) is 25.4 Å². The maximum Gasteiger partial charge on any atom is 0.416 e. The summed E-state index contributed by atoms with van der Waals surface area (Å²) in [5, 5.41) is 2.34. The van der Waals surface area contributed by atoms with Crippen molar-refractivity contribution in [3.8, 4) is 0 Å². The third-order valence-electron chi connectivity index (χ3n) is 2.64. The van der Waals surface area contributed by atoms with E-state index < -0.39 is 23.8 Å². The first-order valence-corrected chi connectivity index (χ1v) is 6.60. The minimum atomic E-state index is -4.54. The van der Waals surface area contributed by atoms with Crippen molar-refractivity contribution in [2.24, 2.45) is 5.92 Å². The van der Waals surface area contributed by atoms with Gasteiger partial charge in [0.05, 0.1) is 12.7 Å². The molecule has 1 N–H and O–H groups in total. The predicted octanol–water partition coefficient (Wildman–Crippen LogP) is 3.75. The molecule has 1 aromatic rings. The number of halogens is 4. The molecule has 0 saturated heterocycles. The van der Waals surface area contributed by atoms with Gasteiger partial charge in [0, 0.05) is 0 Å². The number of esters is 1. The molecule has 0 aromatic carbocycles. The second kappa shape index (κ2) is 6.98. The molecule has 0 bridgehead atoms. The van der Waals surface area contributed by atoms with Crippen LogP contribution in [-0.4, -0.2) is 24.1 Å². The highest BCUT2D eigenvalue weighted by molar-refractivity contribution is 6.29. The number of pyridine rings is 1. The summed E-state index contributed by atoms with van der Waals surface area (Å²) in [4.78, 5) is 15.4. The van der Waals surface area contributed by atoms with Gasteiger partial charge in [0.25, 0.3) is 0 Å². The van der Waals surface area contributed by atoms with Crippen molar-refractivity contribution >= 4 is 23.4 Å². The van der Waals surface area contributed by atoms with Gasteiger partial charge in [-0.2, -0.15) is 13.2 Å². The molecule has 0 aliphatic rings. The van der Waals surface area contributed by atoms with E-state index in [-0.39, 0.29) is 16.9 Å². The molecule has 0 amide bonds. The number of rotatable bonds is 5. The summed E-state index contributed by atoms with van der Waals surface area (Å²) in [6.07, 6.45) is -4.15. The Balaban J connectivity index is 3.03. The van der Waals surface area contributed by atoms with Crippen LogP contribution in [0.1, 0.15) is 25.8 Å². The van der Waals surface area contributed by atoms with Crippen LogP contribution in [0.2, 0.25) is 5.15 Å². The fourth-order valence-corrected chi connectivity index (χ4v) is 1.95. The maximum atomic E-state index is 12.7. The fourth-order valence-electron chi connectivity index (χ4n) is 1.74. The molecule has 1 rings (SSSR count). The zero-order valence-electron chi connectivity index (χ0n) is 11.8. The van der Waals surface area contributed by atoms with Gasteiger partial charge in [-0.25, -0.2) is 9.78 Å². The van der Waals surface area contributed by atoms with Crippen LogP contribution < -0.4 is 5.32 Å². The van der Waals surface area contributed by atoms with E-state index in [9.17, 15) is 18.0 Å². The highest BCUT2D eigenvalue weighted by Crippen LogP contribution is 2.32. The Morgan fingerprint density at radius 1 is 1.43 bits per heavy atom. The second-order valence-electron chi connectivity index (χ2n) is 4.91. The van der Waals surface area contributed by atoms with Gasteiger partial charge in [0.15, 0.2) is 0 Å². The molecule has 0 spiro atoms. The van der Waals surface area contributed by atoms with E-state index in [1.165, 1.54) is 7.11 Å². The zero-order chi connectivity index (χ0) is 16.2. The van der Waals surface area contributed by atoms with Crippen LogP contribution in [0.25, 0.3) is 0 Å². The van der Waals surface area contributed by atoms with E-state index in [4.69, 9.17) is 11.6 Å². The van der Waals surface area contributed by atoms with Gasteiger partial charge in [-0.05, 0) is 24.5 Å². The SMILES string of the molecule is COC(=O)C(CC(C)C)Nc1cc(C(F)(F)F)cc(Cl)n1. The molecule has 0 aliphatic heterocycles. The number of aromatic nitrogens is 1. The Morgan fingerprint density at radius 3 is 2.52 bits per heavy atom. The standard InChI is InChI=1S/C13H16ClF3N2O2/c1-7(2)4-9(12(20)21-3)18-11-6-8(13(15,16)17)5-10(14)19-11/h5-7,9H,4H2,1-3H3,(H,18,19). The lowest BCUT2D eigenvalue weighted by Gasteiger charge is -2.19. The summed E-state index contributed by atoms with van der Waals surface area (Å²) >= 11 is 5.59. The van der Waals surface area contributed by atoms with Crippen LogP contribution in [0.4, 0.5) is 19.0 Å². The summed E-state index contributed by atoms with van der Waals surface area (Å²) in [6.45, 7) is 3.76. The maximum absolute atomic E-state index is 12.7. The van der Waals surface area contributed by atoms with E-state index in [0.29, 0.717) is 6.42 Å². The Kier molecular flexibility index (Phi) is 5.83. The molecular weight excluding hydrogens is 309 g/mol. The Bertz CT molecular complexity index is 507. The predicted molar refractivity (Wildman–Crippen MR) is 73.1 cm³/mol. The number of anilines is 1. The summed E-state index contributed by atoms with van der Waals surface area (Å²) in [5.41, 5.74) is -0.932. The monoisotopic (exact) mass is 324 g/mol. The highest BCUT2D eigenvalue weighted by Gasteiger charge is 2.32. The number of nitrogens with zero attached hydrogens (tertiary/aromatic N) is 1. The Labute approximate surface area is 125 Å². The summed E-state index contributed by atoms with van der Waals surface area (Å²) in [7, 11) is 1.21. The third-order valence-corrected chi connectivity index (χ3v) is 2.83. The second-order valence-corrected chi connectivity index (χ2v) is 5.30. The quantitative estimate of drug-likeness (QED) is 0.662. The fraction of sp³-hybridized carbons (Fsp3) is 0.538. The average molecular weight is 325 g/mol. The van der Waals surface area contributed by atoms with Gasteiger partial charge in [0.1, 0.15) is 17.0 Å². The van der Waals surface area contributed by atoms with Gasteiger partial charge < -0.3 is 10.1 Å². The molecule has 0 fully saturated rings. The molecule has 1 atom stereocenters. The normalized spacial score (nSPS) is 13.1. The van der Waals surface area contributed by atoms with Crippen LogP contribution in [0.15, 0.2) is 12.1 Å². The summed E-state index contributed by atoms with van der Waals surface area (Å²) in [6, 6.07) is 0.742. The molecule has 1 heterocycles. The molecule has 0 radical (unpaired) electrons. The number of methoxy groups -OCH3 is 1. The summed E-state index contributed by atoms with van der Waals surface area (Å²) < 4.78 is 42.8. The first-order valence-electron chi connectivity index (χ1n) is 6.22. The molecule has 4 nitrogen and oxygen atoms in total. The van der Waals surface area contributed by atoms with Gasteiger partial charge in [0.2, 0.25) is 0 Å². The van der Waals surface area contributed by atoms with Gasteiger partial charge in [-0.3, -0.25) is 0 Å². The van der Waals surface area contributed by atoms with Crippen LogP contribution in [0.5, 0.6) is 0 Å². The number of carbonyl (C=O) groups excluding carboxylic acids is 1. The molecule has 8 heteroatoms. The molecule has 21 heavy (non-hydrogen) atoms. The van der Waals surface area contributed by atoms with E-state index >= 15 is 0 Å². The molecule has 118 valence electrons. The Morgan fingerprint density at radius 2 is 2.05 bits per heavy atom. The molecule has 0 saturated carbocycles. The van der Waals surface area contributed by atoms with Gasteiger partial charge in [-0.15, -0.1) is 0 Å². The first-order chi connectivity index (χ1) is 9.63. The van der Waals surface area contributed by atoms with Crippen LogP contribution in [-0.2, 0) is 15.7 Å². The van der Waals surface area contributed by atoms with Crippen molar-refractivity contribution in [3.63, 3.8) is 0 Å². The number of carbonyl (C=O) groups is 1. The van der Waals surface area contributed by atoms with Crippen molar-refractivity contribution in [2.45, 2.75) is 32.5 Å². The van der Waals surface area contributed by atoms with Crippen LogP contribution in [0.3, 0.4) is 0 Å². The zero-order valence-corrected chi connectivity index (χ0v) is 12.5. The third kappa shape index (κ3) is 5.41. The molecule has 1 unspecified atom stereocenters. The van der Waals surface area contributed by atoms with E-state index in [1.54, 1.807) is 0 Å². The molecule has 0 aliphatic carbocycles. The minimum Gasteiger partial charge on any atom is -0.467 e. The smallest absolute Gasteiger partial charge is 0.416 e. The number of hydrogen-bond donors (Lipinski definition) is 1. The van der Waals surface area contributed by atoms with Gasteiger partial charge >= 0.3 is 12.1 Å². The number of ether oxygens (including phenoxy) is 1. The Hall–Kier alpha value is -1.50. The highest BCUT2D eigenvalue weighted by atomic mass is 35.5. The van der Waals surface area contributed by atoms with Crippen molar-refractivity contribution in [2.75, 3.05) is 12.4 Å². The van der Waals surface area contributed by atoms with E-state index in [1.807, 2.05) is 13.8 Å². The van der Waals surface area contributed by atoms with E-state index in [2.05, 4.69) is 15.0 Å². The average Bonchev–Trinajstić information content (AvgIpc) is 2.34. The van der Waals surface area contributed by atoms with E-state index in [0.717, 1.165) is 12.1 Å². The minimum absolute atomic E-state index is 0.120. The lowest BCUT2D eigenvalue weighted by atomic mass is 10.0. The summed E-state index contributed by atoms with van der Waals surface area (Å²) in [5.74, 6) is -0.548. The van der Waals surface area contributed by atoms with Crippen molar-refractivity contribution in [1.29, 1.82) is 0 Å². The first kappa shape index (κ1) is 17.6. The van der Waals surface area contributed by atoms with Crippen molar-refractivity contribution in [3.05, 3.63) is 22.8 Å². The van der Waals surface area contributed by atoms with Crippen molar-refractivity contribution in [1.82, 2.24) is 4.98 Å². The van der Waals surface area contributed by atoms with Crippen molar-refractivity contribution < 1.29 is 22.7 Å². The number of hydrogen-bond acceptors (Lipinski definition) is 4. The molecule has 1 aromatic heterocycles. The van der Waals surface area contributed by atoms with Crippen LogP contribution in [0, 0.1) is 5.92 Å². The lowest BCUT2D eigenvalue weighted by molar-refractivity contribution is -0.141. The number of alkyl halides is 3.